The molecule has 1 N–H and O–H groups in total. The summed E-state index contributed by atoms with van der Waals surface area (Å²) >= 11 is 0. The van der Waals surface area contributed by atoms with Crippen molar-refractivity contribution in [2.45, 2.75) is 40.3 Å². The zero-order chi connectivity index (χ0) is 17.7. The van der Waals surface area contributed by atoms with E-state index < -0.39 is 0 Å². The fourth-order valence-electron chi connectivity index (χ4n) is 2.43. The fourth-order valence-corrected chi connectivity index (χ4v) is 2.43. The van der Waals surface area contributed by atoms with Crippen molar-refractivity contribution in [2.24, 2.45) is 0 Å². The molecule has 0 spiro atoms. The number of methoxy groups -OCH3 is 1. The second kappa shape index (κ2) is 7.86. The summed E-state index contributed by atoms with van der Waals surface area (Å²) in [6.45, 7) is 8.30. The normalized spacial score (nSPS) is 10.6. The number of hydrogen-bond acceptors (Lipinski definition) is 3. The van der Waals surface area contributed by atoms with Crippen molar-refractivity contribution in [1.29, 1.82) is 0 Å². The Morgan fingerprint density at radius 2 is 1.83 bits per heavy atom. The minimum atomic E-state index is -0.0716. The Balaban J connectivity index is 2.08. The fraction of sp³-hybridized carbons (Fsp3) is 0.350. The molecule has 0 aliphatic carbocycles. The summed E-state index contributed by atoms with van der Waals surface area (Å²) in [5.74, 6) is 1.30. The summed E-state index contributed by atoms with van der Waals surface area (Å²) in [7, 11) is 1.61. The summed E-state index contributed by atoms with van der Waals surface area (Å²) in [4.78, 5) is 12.4. The van der Waals surface area contributed by atoms with Crippen LogP contribution in [0.3, 0.4) is 0 Å². The van der Waals surface area contributed by atoms with Crippen molar-refractivity contribution in [2.75, 3.05) is 7.11 Å². The summed E-state index contributed by atoms with van der Waals surface area (Å²) < 4.78 is 11.1. The highest BCUT2D eigenvalue weighted by Gasteiger charge is 2.11. The smallest absolute Gasteiger partial charge is 0.251 e. The van der Waals surface area contributed by atoms with Crippen LogP contribution in [0.4, 0.5) is 0 Å². The number of nitrogens with one attached hydrogen (secondary N) is 1. The molecular formula is C20H25NO3. The molecular weight excluding hydrogens is 302 g/mol. The van der Waals surface area contributed by atoms with Crippen molar-refractivity contribution in [3.05, 3.63) is 58.7 Å². The lowest BCUT2D eigenvalue weighted by atomic mass is 10.0. The Morgan fingerprint density at radius 1 is 1.08 bits per heavy atom. The summed E-state index contributed by atoms with van der Waals surface area (Å²) in [5, 5.41) is 2.96. The number of aryl methyl sites for hydroxylation is 2. The van der Waals surface area contributed by atoms with Gasteiger partial charge in [-0.05, 0) is 57.0 Å². The molecule has 2 aromatic rings. The molecule has 0 aliphatic heterocycles. The second-order valence-electron chi connectivity index (χ2n) is 6.15. The zero-order valence-corrected chi connectivity index (χ0v) is 15.0. The molecule has 1 amide bonds. The molecule has 24 heavy (non-hydrogen) atoms. The molecule has 128 valence electrons. The molecule has 4 heteroatoms. The molecule has 2 aromatic carbocycles. The van der Waals surface area contributed by atoms with Gasteiger partial charge in [-0.2, -0.15) is 0 Å². The van der Waals surface area contributed by atoms with Crippen LogP contribution in [0.1, 0.15) is 40.9 Å². The van der Waals surface area contributed by atoms with Gasteiger partial charge < -0.3 is 14.8 Å². The highest BCUT2D eigenvalue weighted by molar-refractivity contribution is 5.95. The van der Waals surface area contributed by atoms with Crippen LogP contribution in [-0.2, 0) is 6.54 Å². The number of carbonyl (C=O) groups is 1. The number of benzene rings is 2. The van der Waals surface area contributed by atoms with Crippen LogP contribution in [0, 0.1) is 13.8 Å². The van der Waals surface area contributed by atoms with Gasteiger partial charge in [0.15, 0.2) is 11.5 Å². The average Bonchev–Trinajstić information content (AvgIpc) is 2.55. The molecule has 4 nitrogen and oxygen atoms in total. The Morgan fingerprint density at radius 3 is 2.50 bits per heavy atom. The van der Waals surface area contributed by atoms with E-state index in [1.165, 1.54) is 0 Å². The minimum Gasteiger partial charge on any atom is -0.493 e. The lowest BCUT2D eigenvalue weighted by Gasteiger charge is -2.15. The first kappa shape index (κ1) is 17.9. The van der Waals surface area contributed by atoms with E-state index >= 15 is 0 Å². The van der Waals surface area contributed by atoms with Gasteiger partial charge in [-0.3, -0.25) is 4.79 Å². The summed E-state index contributed by atoms with van der Waals surface area (Å²) in [6.07, 6.45) is 0.0775. The van der Waals surface area contributed by atoms with E-state index in [0.29, 0.717) is 23.6 Å². The molecule has 0 saturated carbocycles. The van der Waals surface area contributed by atoms with Gasteiger partial charge >= 0.3 is 0 Å². The van der Waals surface area contributed by atoms with Crippen LogP contribution in [0.5, 0.6) is 11.5 Å². The number of rotatable bonds is 6. The van der Waals surface area contributed by atoms with Gasteiger partial charge in [0.2, 0.25) is 0 Å². The van der Waals surface area contributed by atoms with E-state index in [9.17, 15) is 4.79 Å². The molecule has 0 heterocycles. The quantitative estimate of drug-likeness (QED) is 0.871. The number of hydrogen-bond donors (Lipinski definition) is 1. The van der Waals surface area contributed by atoms with E-state index in [2.05, 4.69) is 5.32 Å². The van der Waals surface area contributed by atoms with Crippen LogP contribution in [-0.4, -0.2) is 19.1 Å². The zero-order valence-electron chi connectivity index (χ0n) is 15.0. The lowest BCUT2D eigenvalue weighted by molar-refractivity contribution is 0.0950. The Kier molecular flexibility index (Phi) is 5.85. The number of ether oxygens (including phenoxy) is 2. The van der Waals surface area contributed by atoms with E-state index in [1.807, 2.05) is 64.1 Å². The third kappa shape index (κ3) is 4.51. The van der Waals surface area contributed by atoms with Crippen molar-refractivity contribution in [3.63, 3.8) is 0 Å². The van der Waals surface area contributed by atoms with Crippen LogP contribution in [0.15, 0.2) is 36.4 Å². The molecule has 0 aromatic heterocycles. The number of amides is 1. The number of carbonyl (C=O) groups excluding carboxylic acids is 1. The molecule has 0 unspecified atom stereocenters. The van der Waals surface area contributed by atoms with E-state index in [1.54, 1.807) is 7.11 Å². The van der Waals surface area contributed by atoms with E-state index in [4.69, 9.17) is 9.47 Å². The standard InChI is InChI=1S/C20H25NO3/c1-13(2)24-18-9-8-16(11-19(18)23-5)12-21-20(22)17-10-14(3)6-7-15(17)4/h6-11,13H,12H2,1-5H3,(H,21,22). The predicted octanol–water partition coefficient (Wildman–Crippen LogP) is 4.03. The van der Waals surface area contributed by atoms with Crippen LogP contribution in [0.2, 0.25) is 0 Å². The summed E-state index contributed by atoms with van der Waals surface area (Å²) in [5.41, 5.74) is 3.71. The maximum Gasteiger partial charge on any atom is 0.251 e. The van der Waals surface area contributed by atoms with Crippen molar-refractivity contribution in [1.82, 2.24) is 5.32 Å². The maximum absolute atomic E-state index is 12.4. The molecule has 0 atom stereocenters. The van der Waals surface area contributed by atoms with E-state index in [0.717, 1.165) is 16.7 Å². The SMILES string of the molecule is COc1cc(CNC(=O)c2cc(C)ccc2C)ccc1OC(C)C. The first-order chi connectivity index (χ1) is 11.4. The molecule has 0 aliphatic rings. The van der Waals surface area contributed by atoms with Crippen LogP contribution in [0.25, 0.3) is 0 Å². The minimum absolute atomic E-state index is 0.0716. The van der Waals surface area contributed by atoms with Crippen molar-refractivity contribution in [3.8, 4) is 11.5 Å². The molecule has 0 fully saturated rings. The Bertz CT molecular complexity index is 723. The van der Waals surface area contributed by atoms with Gasteiger partial charge in [-0.25, -0.2) is 0 Å². The second-order valence-corrected chi connectivity index (χ2v) is 6.15. The Labute approximate surface area is 143 Å². The summed E-state index contributed by atoms with van der Waals surface area (Å²) in [6, 6.07) is 11.6. The van der Waals surface area contributed by atoms with Gasteiger partial charge in [0, 0.05) is 12.1 Å². The monoisotopic (exact) mass is 327 g/mol. The van der Waals surface area contributed by atoms with Crippen LogP contribution < -0.4 is 14.8 Å². The van der Waals surface area contributed by atoms with Gasteiger partial charge in [0.1, 0.15) is 0 Å². The van der Waals surface area contributed by atoms with Gasteiger partial charge in [0.05, 0.1) is 13.2 Å². The van der Waals surface area contributed by atoms with Gasteiger partial charge in [-0.15, -0.1) is 0 Å². The maximum atomic E-state index is 12.4. The lowest BCUT2D eigenvalue weighted by Crippen LogP contribution is -2.23. The van der Waals surface area contributed by atoms with Crippen molar-refractivity contribution >= 4 is 5.91 Å². The molecule has 0 radical (unpaired) electrons. The first-order valence-corrected chi connectivity index (χ1v) is 8.09. The largest absolute Gasteiger partial charge is 0.493 e. The molecule has 0 saturated heterocycles. The molecule has 0 bridgehead atoms. The van der Waals surface area contributed by atoms with Gasteiger partial charge in [-0.1, -0.05) is 23.8 Å². The van der Waals surface area contributed by atoms with Crippen molar-refractivity contribution < 1.29 is 14.3 Å². The highest BCUT2D eigenvalue weighted by atomic mass is 16.5. The molecule has 2 rings (SSSR count). The Hall–Kier alpha value is -2.49. The van der Waals surface area contributed by atoms with E-state index in [-0.39, 0.29) is 12.0 Å². The topological polar surface area (TPSA) is 47.6 Å². The third-order valence-electron chi connectivity index (χ3n) is 3.68. The first-order valence-electron chi connectivity index (χ1n) is 8.09. The third-order valence-corrected chi connectivity index (χ3v) is 3.68. The highest BCUT2D eigenvalue weighted by Crippen LogP contribution is 2.29. The average molecular weight is 327 g/mol. The van der Waals surface area contributed by atoms with Crippen LogP contribution >= 0.6 is 0 Å². The van der Waals surface area contributed by atoms with Gasteiger partial charge in [0.25, 0.3) is 5.91 Å². The predicted molar refractivity (Wildman–Crippen MR) is 95.8 cm³/mol.